The number of ketones is 1. The van der Waals surface area contributed by atoms with E-state index in [0.717, 1.165) is 59.4 Å². The van der Waals surface area contributed by atoms with E-state index in [9.17, 15) is 4.79 Å². The molecule has 164 valence electrons. The van der Waals surface area contributed by atoms with E-state index in [2.05, 4.69) is 71.7 Å². The Morgan fingerprint density at radius 2 is 1.06 bits per heavy atom. The molecule has 2 heterocycles. The maximum atomic E-state index is 13.2. The molecule has 0 atom stereocenters. The van der Waals surface area contributed by atoms with E-state index in [1.54, 1.807) is 12.4 Å². The summed E-state index contributed by atoms with van der Waals surface area (Å²) in [6.07, 6.45) is 3.34. The van der Waals surface area contributed by atoms with Gasteiger partial charge >= 0.3 is 0 Å². The average Bonchev–Trinajstić information content (AvgIpc) is 2.84. The quantitative estimate of drug-likeness (QED) is 0.338. The summed E-state index contributed by atoms with van der Waals surface area (Å²) < 4.78 is 0. The lowest BCUT2D eigenvalue weighted by molar-refractivity contribution is 0.103. The van der Waals surface area contributed by atoms with Crippen molar-refractivity contribution in [2.24, 2.45) is 0 Å². The van der Waals surface area contributed by atoms with Gasteiger partial charge in [-0.25, -0.2) is 0 Å². The second-order valence-corrected chi connectivity index (χ2v) is 7.88. The second kappa shape index (κ2) is 9.35. The number of carbonyl (C=O) groups excluding carboxylic acids is 1. The average molecular weight is 427 g/mol. The van der Waals surface area contributed by atoms with Crippen LogP contribution in [0, 0.1) is 0 Å². The van der Waals surface area contributed by atoms with Gasteiger partial charge in [0.2, 0.25) is 0 Å². The molecule has 4 rings (SSSR count). The first-order valence-corrected chi connectivity index (χ1v) is 11.4. The van der Waals surface area contributed by atoms with Crippen molar-refractivity contribution in [1.29, 1.82) is 0 Å². The molecule has 0 N–H and O–H groups in total. The summed E-state index contributed by atoms with van der Waals surface area (Å²) in [6, 6.07) is 16.3. The molecule has 0 amide bonds. The first-order valence-electron chi connectivity index (χ1n) is 11.4. The molecule has 0 unspecified atom stereocenters. The van der Waals surface area contributed by atoms with Crippen molar-refractivity contribution in [3.05, 3.63) is 72.1 Å². The number of fused-ring (bicyclic) bond motifs is 2. The molecule has 2 aromatic heterocycles. The normalized spacial score (nSPS) is 11.1. The van der Waals surface area contributed by atoms with E-state index in [0.29, 0.717) is 11.1 Å². The Morgan fingerprint density at radius 1 is 0.656 bits per heavy atom. The molecule has 0 saturated carbocycles. The smallest absolute Gasteiger partial charge is 0.196 e. The van der Waals surface area contributed by atoms with E-state index in [-0.39, 0.29) is 5.78 Å². The van der Waals surface area contributed by atoms with Gasteiger partial charge in [0.25, 0.3) is 0 Å². The van der Waals surface area contributed by atoms with Crippen molar-refractivity contribution in [2.45, 2.75) is 27.7 Å². The highest BCUT2D eigenvalue weighted by Gasteiger charge is 2.13. The number of anilines is 2. The molecule has 32 heavy (non-hydrogen) atoms. The van der Waals surface area contributed by atoms with Crippen molar-refractivity contribution in [3.63, 3.8) is 0 Å². The fraction of sp³-hybridized carbons (Fsp3) is 0.296. The number of hydrogen-bond acceptors (Lipinski definition) is 5. The minimum Gasteiger partial charge on any atom is -0.372 e. The number of hydrogen-bond donors (Lipinski definition) is 0. The van der Waals surface area contributed by atoms with Gasteiger partial charge in [-0.1, -0.05) is 12.1 Å². The van der Waals surface area contributed by atoms with Gasteiger partial charge in [0.1, 0.15) is 0 Å². The minimum absolute atomic E-state index is 0.0607. The molecular weight excluding hydrogens is 396 g/mol. The Bertz CT molecular complexity index is 1160. The first kappa shape index (κ1) is 21.8. The molecule has 0 saturated heterocycles. The Balaban J connectivity index is 1.64. The van der Waals surface area contributed by atoms with Crippen LogP contribution in [0.4, 0.5) is 11.4 Å². The van der Waals surface area contributed by atoms with Gasteiger partial charge in [-0.2, -0.15) is 0 Å². The van der Waals surface area contributed by atoms with Gasteiger partial charge in [-0.3, -0.25) is 14.8 Å². The highest BCUT2D eigenvalue weighted by Crippen LogP contribution is 2.25. The topological polar surface area (TPSA) is 49.3 Å². The third-order valence-electron chi connectivity index (χ3n) is 6.12. The number of aromatic nitrogens is 2. The number of rotatable bonds is 8. The lowest BCUT2D eigenvalue weighted by Crippen LogP contribution is -2.21. The third-order valence-corrected chi connectivity index (χ3v) is 6.12. The Morgan fingerprint density at radius 3 is 1.44 bits per heavy atom. The van der Waals surface area contributed by atoms with Crippen molar-refractivity contribution >= 4 is 39.0 Å². The van der Waals surface area contributed by atoms with Crippen molar-refractivity contribution in [1.82, 2.24) is 9.97 Å². The molecule has 0 aliphatic rings. The second-order valence-electron chi connectivity index (χ2n) is 7.88. The summed E-state index contributed by atoms with van der Waals surface area (Å²) in [5.74, 6) is -0.0607. The summed E-state index contributed by atoms with van der Waals surface area (Å²) in [7, 11) is 0. The largest absolute Gasteiger partial charge is 0.372 e. The van der Waals surface area contributed by atoms with Crippen LogP contribution in [0.3, 0.4) is 0 Å². The predicted octanol–water partition coefficient (Wildman–Crippen LogP) is 5.71. The van der Waals surface area contributed by atoms with E-state index in [4.69, 9.17) is 0 Å². The van der Waals surface area contributed by atoms with Gasteiger partial charge in [0.05, 0.1) is 11.0 Å². The summed E-state index contributed by atoms with van der Waals surface area (Å²) in [5, 5.41) is 1.92. The van der Waals surface area contributed by atoms with E-state index >= 15 is 0 Å². The van der Waals surface area contributed by atoms with E-state index in [1.807, 2.05) is 24.3 Å². The van der Waals surface area contributed by atoms with Crippen LogP contribution in [0.5, 0.6) is 0 Å². The lowest BCUT2D eigenvalue weighted by Gasteiger charge is -2.21. The van der Waals surface area contributed by atoms with Crippen LogP contribution in [0.25, 0.3) is 21.8 Å². The van der Waals surface area contributed by atoms with Gasteiger partial charge in [-0.05, 0) is 64.1 Å². The fourth-order valence-electron chi connectivity index (χ4n) is 4.21. The zero-order valence-corrected chi connectivity index (χ0v) is 19.3. The molecule has 5 nitrogen and oxygen atoms in total. The zero-order chi connectivity index (χ0) is 22.7. The van der Waals surface area contributed by atoms with E-state index in [1.165, 1.54) is 0 Å². The van der Waals surface area contributed by atoms with Crippen LogP contribution in [-0.4, -0.2) is 41.9 Å². The van der Waals surface area contributed by atoms with Crippen LogP contribution in [-0.2, 0) is 0 Å². The minimum atomic E-state index is -0.0607. The summed E-state index contributed by atoms with van der Waals surface area (Å²) in [4.78, 5) is 26.9. The van der Waals surface area contributed by atoms with Gasteiger partial charge < -0.3 is 9.80 Å². The Labute approximate surface area is 189 Å². The molecule has 4 aromatic rings. The van der Waals surface area contributed by atoms with Crippen LogP contribution < -0.4 is 9.80 Å². The predicted molar refractivity (Wildman–Crippen MR) is 134 cm³/mol. The van der Waals surface area contributed by atoms with Crippen LogP contribution >= 0.6 is 0 Å². The number of nitrogens with zero attached hydrogens (tertiary/aromatic N) is 4. The highest BCUT2D eigenvalue weighted by molar-refractivity contribution is 6.11. The molecule has 2 aromatic carbocycles. The SMILES string of the molecule is CCN(CC)c1ccc2cc(C(=O)c3cnc4cc(N(CC)CC)ccc4c3)cnc2c1. The first-order chi connectivity index (χ1) is 15.6. The molecule has 5 heteroatoms. The molecule has 0 fully saturated rings. The fourth-order valence-corrected chi connectivity index (χ4v) is 4.21. The van der Waals surface area contributed by atoms with Crippen molar-refractivity contribution in [2.75, 3.05) is 36.0 Å². The van der Waals surface area contributed by atoms with Crippen LogP contribution in [0.2, 0.25) is 0 Å². The summed E-state index contributed by atoms with van der Waals surface area (Å²) in [5.41, 5.74) is 5.25. The summed E-state index contributed by atoms with van der Waals surface area (Å²) in [6.45, 7) is 12.4. The lowest BCUT2D eigenvalue weighted by atomic mass is 10.0. The maximum absolute atomic E-state index is 13.2. The third kappa shape index (κ3) is 4.15. The molecule has 0 spiro atoms. The molecule has 0 aliphatic heterocycles. The standard InChI is InChI=1S/C27H30N4O/c1-5-30(6-2)23-11-9-19-13-21(17-28-25(19)15-23)27(32)22-14-20-10-12-24(31(7-3)8-4)16-26(20)29-18-22/h9-18H,5-8H2,1-4H3. The number of pyridine rings is 2. The zero-order valence-electron chi connectivity index (χ0n) is 19.3. The van der Waals surface area contributed by atoms with Gasteiger partial charge in [0.15, 0.2) is 5.78 Å². The molecular formula is C27H30N4O. The van der Waals surface area contributed by atoms with Gasteiger partial charge in [0, 0.05) is 71.8 Å². The molecule has 0 aliphatic carbocycles. The Hall–Kier alpha value is -3.47. The molecule has 0 radical (unpaired) electrons. The maximum Gasteiger partial charge on any atom is 0.196 e. The number of benzene rings is 2. The van der Waals surface area contributed by atoms with Crippen molar-refractivity contribution < 1.29 is 4.79 Å². The monoisotopic (exact) mass is 426 g/mol. The Kier molecular flexibility index (Phi) is 6.35. The van der Waals surface area contributed by atoms with Crippen LogP contribution in [0.1, 0.15) is 43.6 Å². The van der Waals surface area contributed by atoms with Crippen molar-refractivity contribution in [3.8, 4) is 0 Å². The number of carbonyl (C=O) groups is 1. The summed E-state index contributed by atoms with van der Waals surface area (Å²) >= 11 is 0. The van der Waals surface area contributed by atoms with E-state index < -0.39 is 0 Å². The van der Waals surface area contributed by atoms with Crippen LogP contribution in [0.15, 0.2) is 60.9 Å². The molecule has 0 bridgehead atoms. The van der Waals surface area contributed by atoms with Gasteiger partial charge in [-0.15, -0.1) is 0 Å². The highest BCUT2D eigenvalue weighted by atomic mass is 16.1.